The summed E-state index contributed by atoms with van der Waals surface area (Å²) < 4.78 is 16.5. The van der Waals surface area contributed by atoms with Crippen molar-refractivity contribution in [1.29, 1.82) is 0 Å². The van der Waals surface area contributed by atoms with Gasteiger partial charge >= 0.3 is 17.9 Å². The maximum Gasteiger partial charge on any atom is 0.332 e. The fraction of sp³-hybridized carbons (Fsp3) is 0.458. The van der Waals surface area contributed by atoms with Crippen molar-refractivity contribution in [2.24, 2.45) is 11.8 Å². The summed E-state index contributed by atoms with van der Waals surface area (Å²) in [5.41, 5.74) is -0.595. The largest absolute Gasteiger partial charge is 0.463 e. The van der Waals surface area contributed by atoms with Crippen LogP contribution in [0, 0.1) is 11.8 Å². The first kappa shape index (κ1) is 27.8. The Hall–Kier alpha value is -3.74. The number of carbonyl (C=O) groups excluding carboxylic acids is 4. The Morgan fingerprint density at radius 3 is 2.49 bits per heavy atom. The minimum atomic E-state index is -1.45. The number of aromatic amines is 1. The van der Waals surface area contributed by atoms with Crippen molar-refractivity contribution in [2.75, 3.05) is 12.9 Å². The molecule has 1 aliphatic heterocycles. The first-order chi connectivity index (χ1) is 17.6. The van der Waals surface area contributed by atoms with Crippen molar-refractivity contribution < 1.29 is 33.4 Å². The zero-order valence-corrected chi connectivity index (χ0v) is 21.6. The fourth-order valence-corrected chi connectivity index (χ4v) is 3.86. The Morgan fingerprint density at radius 1 is 1.16 bits per heavy atom. The topological polar surface area (TPSA) is 167 Å². The van der Waals surface area contributed by atoms with Gasteiger partial charge in [0.2, 0.25) is 5.69 Å². The standard InChI is InChI=1S/C24H28N4O8S/c1-12(2)21(31)36-18-13(3)35-23(33)16(25-19(29)17-20(30)26-24(37-4)28-27-17)11-34-22(32)15(18)10-14-8-6-5-7-9-14/h5-9,12-13,15-16,18H,10-11H2,1-4H3,(H,25,29)(H,26,28,30). The highest BCUT2D eigenvalue weighted by molar-refractivity contribution is 7.98. The normalized spacial score (nSPS) is 22.2. The summed E-state index contributed by atoms with van der Waals surface area (Å²) in [6, 6.07) is 7.59. The highest BCUT2D eigenvalue weighted by Crippen LogP contribution is 2.24. The van der Waals surface area contributed by atoms with Gasteiger partial charge < -0.3 is 19.5 Å². The summed E-state index contributed by atoms with van der Waals surface area (Å²) in [4.78, 5) is 65.8. The Morgan fingerprint density at radius 2 is 1.86 bits per heavy atom. The van der Waals surface area contributed by atoms with Crippen molar-refractivity contribution in [2.45, 2.75) is 50.6 Å². The van der Waals surface area contributed by atoms with E-state index in [9.17, 15) is 24.0 Å². The number of ether oxygens (including phenoxy) is 3. The third-order valence-corrected chi connectivity index (χ3v) is 6.12. The van der Waals surface area contributed by atoms with E-state index in [1.165, 1.54) is 6.92 Å². The van der Waals surface area contributed by atoms with Crippen LogP contribution in [0.4, 0.5) is 0 Å². The number of benzene rings is 1. The summed E-state index contributed by atoms with van der Waals surface area (Å²) in [5, 5.41) is 9.83. The lowest BCUT2D eigenvalue weighted by atomic mass is 9.91. The van der Waals surface area contributed by atoms with Gasteiger partial charge in [0, 0.05) is 0 Å². The van der Waals surface area contributed by atoms with Gasteiger partial charge in [-0.3, -0.25) is 24.2 Å². The minimum absolute atomic E-state index is 0.154. The average molecular weight is 533 g/mol. The van der Waals surface area contributed by atoms with Crippen molar-refractivity contribution in [1.82, 2.24) is 20.5 Å². The van der Waals surface area contributed by atoms with Crippen molar-refractivity contribution in [3.05, 3.63) is 51.9 Å². The monoisotopic (exact) mass is 532 g/mol. The van der Waals surface area contributed by atoms with Crippen molar-refractivity contribution in [3.8, 4) is 0 Å². The van der Waals surface area contributed by atoms with Crippen molar-refractivity contribution in [3.63, 3.8) is 0 Å². The third-order valence-electron chi connectivity index (χ3n) is 5.55. The van der Waals surface area contributed by atoms with Crippen LogP contribution >= 0.6 is 11.8 Å². The molecule has 12 nitrogen and oxygen atoms in total. The molecule has 37 heavy (non-hydrogen) atoms. The molecule has 0 aliphatic carbocycles. The summed E-state index contributed by atoms with van der Waals surface area (Å²) in [7, 11) is 0. The summed E-state index contributed by atoms with van der Waals surface area (Å²) in [5.74, 6) is -4.74. The molecule has 0 spiro atoms. The average Bonchev–Trinajstić information content (AvgIpc) is 2.90. The number of aromatic nitrogens is 3. The van der Waals surface area contributed by atoms with E-state index in [0.29, 0.717) is 0 Å². The van der Waals surface area contributed by atoms with Crippen LogP contribution in [0.3, 0.4) is 0 Å². The minimum Gasteiger partial charge on any atom is -0.463 e. The zero-order valence-electron chi connectivity index (χ0n) is 20.8. The molecule has 2 heterocycles. The number of H-pyrrole nitrogens is 1. The van der Waals surface area contributed by atoms with Gasteiger partial charge in [-0.15, -0.1) is 10.2 Å². The lowest BCUT2D eigenvalue weighted by Crippen LogP contribution is -2.48. The number of hydrogen-bond donors (Lipinski definition) is 2. The molecule has 198 valence electrons. The number of nitrogens with one attached hydrogen (secondary N) is 2. The maximum absolute atomic E-state index is 13.2. The fourth-order valence-electron chi connectivity index (χ4n) is 3.54. The van der Waals surface area contributed by atoms with Crippen LogP contribution in [0.2, 0.25) is 0 Å². The SMILES string of the molecule is CSc1nnc(C(=O)NC2COC(=O)C(Cc3ccccc3)C(OC(=O)C(C)C)C(C)OC2=O)c(=O)[nH]1. The van der Waals surface area contributed by atoms with E-state index >= 15 is 0 Å². The Kier molecular flexibility index (Phi) is 9.39. The number of rotatable bonds is 7. The van der Waals surface area contributed by atoms with Gasteiger partial charge in [0.1, 0.15) is 18.6 Å². The molecule has 4 atom stereocenters. The summed E-state index contributed by atoms with van der Waals surface area (Å²) in [6.45, 7) is 4.20. The van der Waals surface area contributed by atoms with Crippen LogP contribution in [0.15, 0.2) is 40.3 Å². The molecule has 0 radical (unpaired) electrons. The Balaban J connectivity index is 1.86. The molecule has 0 bridgehead atoms. The predicted molar refractivity (Wildman–Crippen MR) is 131 cm³/mol. The second-order valence-corrected chi connectivity index (χ2v) is 9.46. The van der Waals surface area contributed by atoms with Crippen LogP contribution in [-0.2, 0) is 35.0 Å². The second kappa shape index (κ2) is 12.5. The highest BCUT2D eigenvalue weighted by Gasteiger charge is 2.42. The number of carbonyl (C=O) groups is 4. The van der Waals surface area contributed by atoms with Crippen LogP contribution in [-0.4, -0.2) is 70.1 Å². The molecule has 1 fully saturated rings. The highest BCUT2D eigenvalue weighted by atomic mass is 32.2. The molecule has 1 aliphatic rings. The van der Waals surface area contributed by atoms with E-state index in [1.54, 1.807) is 32.2 Å². The molecule has 1 aromatic carbocycles. The van der Waals surface area contributed by atoms with Gasteiger partial charge in [-0.25, -0.2) is 4.79 Å². The smallest absolute Gasteiger partial charge is 0.332 e. The van der Waals surface area contributed by atoms with Crippen molar-refractivity contribution >= 4 is 35.6 Å². The van der Waals surface area contributed by atoms with Gasteiger partial charge in [-0.1, -0.05) is 55.9 Å². The number of hydrogen-bond acceptors (Lipinski definition) is 11. The summed E-state index contributed by atoms with van der Waals surface area (Å²) in [6.07, 6.45) is -0.382. The van der Waals surface area contributed by atoms with E-state index in [2.05, 4.69) is 20.5 Å². The van der Waals surface area contributed by atoms with Gasteiger partial charge in [0.05, 0.1) is 5.92 Å². The molecule has 1 saturated heterocycles. The lowest BCUT2D eigenvalue weighted by molar-refractivity contribution is -0.176. The lowest BCUT2D eigenvalue weighted by Gasteiger charge is -2.29. The van der Waals surface area contributed by atoms with E-state index in [-0.39, 0.29) is 11.6 Å². The van der Waals surface area contributed by atoms with Gasteiger partial charge in [-0.05, 0) is 25.2 Å². The molecule has 4 unspecified atom stereocenters. The Bertz CT molecular complexity index is 1200. The predicted octanol–water partition coefficient (Wildman–Crippen LogP) is 0.900. The molecular weight excluding hydrogens is 504 g/mol. The quantitative estimate of drug-likeness (QED) is 0.295. The molecule has 1 aromatic heterocycles. The Labute approximate surface area is 216 Å². The number of esters is 3. The maximum atomic E-state index is 13.2. The molecule has 3 rings (SSSR count). The number of thioether (sulfide) groups is 1. The molecule has 2 N–H and O–H groups in total. The second-order valence-electron chi connectivity index (χ2n) is 8.66. The first-order valence-electron chi connectivity index (χ1n) is 11.5. The van der Waals surface area contributed by atoms with Crippen LogP contribution < -0.4 is 10.9 Å². The number of amides is 1. The molecule has 0 saturated carbocycles. The van der Waals surface area contributed by atoms with Crippen LogP contribution in [0.25, 0.3) is 0 Å². The molecule has 2 aromatic rings. The molecular formula is C24H28N4O8S. The van der Waals surface area contributed by atoms with E-state index < -0.39 is 71.8 Å². The van der Waals surface area contributed by atoms with Gasteiger partial charge in [0.15, 0.2) is 17.3 Å². The molecule has 13 heteroatoms. The van der Waals surface area contributed by atoms with Crippen LogP contribution in [0.1, 0.15) is 36.8 Å². The summed E-state index contributed by atoms with van der Waals surface area (Å²) >= 11 is 1.13. The zero-order chi connectivity index (χ0) is 27.1. The van der Waals surface area contributed by atoms with E-state index in [0.717, 1.165) is 17.3 Å². The first-order valence-corrected chi connectivity index (χ1v) is 12.8. The van der Waals surface area contributed by atoms with Gasteiger partial charge in [-0.2, -0.15) is 0 Å². The van der Waals surface area contributed by atoms with Crippen LogP contribution in [0.5, 0.6) is 0 Å². The molecule has 1 amide bonds. The van der Waals surface area contributed by atoms with Gasteiger partial charge in [0.25, 0.3) is 11.5 Å². The number of cyclic esters (lactones) is 2. The van der Waals surface area contributed by atoms with E-state index in [4.69, 9.17) is 14.2 Å². The third kappa shape index (κ3) is 7.15. The van der Waals surface area contributed by atoms with E-state index in [1.807, 2.05) is 18.2 Å². The number of nitrogens with zero attached hydrogens (tertiary/aromatic N) is 2.